The number of carbonyl (C=O) groups excluding carboxylic acids is 1. The van der Waals surface area contributed by atoms with Gasteiger partial charge in [-0.2, -0.15) is 0 Å². The Bertz CT molecular complexity index is 868. The fraction of sp³-hybridized carbons (Fsp3) is 0.316. The normalized spacial score (nSPS) is 19.6. The van der Waals surface area contributed by atoms with Gasteiger partial charge in [0.15, 0.2) is 5.17 Å². The number of aliphatic imine (C=N–C) groups is 1. The molecule has 0 bridgehead atoms. The number of pyridine rings is 1. The highest BCUT2D eigenvalue weighted by molar-refractivity contribution is 8.13. The topological polar surface area (TPSA) is 89.6 Å². The molecule has 26 heavy (non-hydrogen) atoms. The maximum atomic E-state index is 12.6. The first-order valence-corrected chi connectivity index (χ1v) is 9.30. The van der Waals surface area contributed by atoms with Gasteiger partial charge in [-0.3, -0.25) is 9.79 Å². The SMILES string of the molecule is COc1cnc(C(=O)Nc2cccc(C3(C)CCSC(N)=N3)c2)c(C)c1. The summed E-state index contributed by atoms with van der Waals surface area (Å²) in [5.74, 6) is 1.30. The number of hydrogen-bond donors (Lipinski definition) is 2. The van der Waals surface area contributed by atoms with E-state index < -0.39 is 0 Å². The van der Waals surface area contributed by atoms with Crippen LogP contribution in [0.3, 0.4) is 0 Å². The molecule has 136 valence electrons. The van der Waals surface area contributed by atoms with Crippen molar-refractivity contribution < 1.29 is 9.53 Å². The molecule has 0 saturated heterocycles. The van der Waals surface area contributed by atoms with Gasteiger partial charge < -0.3 is 15.8 Å². The molecular formula is C19H22N4O2S. The summed E-state index contributed by atoms with van der Waals surface area (Å²) in [7, 11) is 1.57. The van der Waals surface area contributed by atoms with Gasteiger partial charge in [0.25, 0.3) is 5.91 Å². The van der Waals surface area contributed by atoms with E-state index in [0.717, 1.165) is 23.3 Å². The summed E-state index contributed by atoms with van der Waals surface area (Å²) in [5.41, 5.74) is 8.40. The number of nitrogens with one attached hydrogen (secondary N) is 1. The number of aryl methyl sites for hydroxylation is 1. The molecule has 1 aliphatic rings. The van der Waals surface area contributed by atoms with Crippen LogP contribution in [-0.2, 0) is 5.54 Å². The predicted octanol–water partition coefficient (Wildman–Crippen LogP) is 3.32. The number of carbonyl (C=O) groups is 1. The number of nitrogens with zero attached hydrogens (tertiary/aromatic N) is 2. The Morgan fingerprint density at radius 1 is 1.38 bits per heavy atom. The molecule has 0 fully saturated rings. The summed E-state index contributed by atoms with van der Waals surface area (Å²) >= 11 is 1.57. The lowest BCUT2D eigenvalue weighted by Crippen LogP contribution is -2.28. The third-order valence-corrected chi connectivity index (χ3v) is 5.24. The van der Waals surface area contributed by atoms with Gasteiger partial charge in [0.1, 0.15) is 11.4 Å². The minimum Gasteiger partial charge on any atom is -0.495 e. The van der Waals surface area contributed by atoms with Crippen molar-refractivity contribution in [2.24, 2.45) is 10.7 Å². The first-order valence-electron chi connectivity index (χ1n) is 8.32. The average Bonchev–Trinajstić information content (AvgIpc) is 2.61. The second-order valence-corrected chi connectivity index (χ2v) is 7.51. The van der Waals surface area contributed by atoms with Crippen LogP contribution in [0.5, 0.6) is 5.75 Å². The summed E-state index contributed by atoms with van der Waals surface area (Å²) in [6.45, 7) is 3.90. The summed E-state index contributed by atoms with van der Waals surface area (Å²) in [6.07, 6.45) is 2.44. The molecule has 6 nitrogen and oxygen atoms in total. The van der Waals surface area contributed by atoms with E-state index in [0.29, 0.717) is 22.3 Å². The molecule has 0 saturated carbocycles. The lowest BCUT2D eigenvalue weighted by molar-refractivity contribution is 0.102. The van der Waals surface area contributed by atoms with E-state index in [1.807, 2.05) is 31.2 Å². The minimum absolute atomic E-state index is 0.255. The molecule has 1 aromatic carbocycles. The number of ether oxygens (including phenoxy) is 1. The number of amidine groups is 1. The second kappa shape index (κ2) is 7.37. The van der Waals surface area contributed by atoms with Gasteiger partial charge in [0.2, 0.25) is 0 Å². The Kier molecular flexibility index (Phi) is 5.18. The number of nitrogens with two attached hydrogens (primary N) is 1. The van der Waals surface area contributed by atoms with Crippen molar-refractivity contribution in [3.63, 3.8) is 0 Å². The van der Waals surface area contributed by atoms with Crippen LogP contribution in [0.2, 0.25) is 0 Å². The quantitative estimate of drug-likeness (QED) is 0.862. The zero-order chi connectivity index (χ0) is 18.7. The van der Waals surface area contributed by atoms with Crippen LogP contribution in [0, 0.1) is 6.92 Å². The van der Waals surface area contributed by atoms with Crippen molar-refractivity contribution in [2.75, 3.05) is 18.2 Å². The first-order chi connectivity index (χ1) is 12.4. The molecule has 7 heteroatoms. The molecule has 1 aliphatic heterocycles. The molecule has 3 N–H and O–H groups in total. The smallest absolute Gasteiger partial charge is 0.274 e. The fourth-order valence-electron chi connectivity index (χ4n) is 2.92. The zero-order valence-electron chi connectivity index (χ0n) is 15.1. The Labute approximate surface area is 157 Å². The Morgan fingerprint density at radius 2 is 2.19 bits per heavy atom. The highest BCUT2D eigenvalue weighted by Crippen LogP contribution is 2.35. The van der Waals surface area contributed by atoms with E-state index in [2.05, 4.69) is 22.2 Å². The highest BCUT2D eigenvalue weighted by atomic mass is 32.2. The van der Waals surface area contributed by atoms with E-state index in [-0.39, 0.29) is 11.4 Å². The van der Waals surface area contributed by atoms with Crippen molar-refractivity contribution >= 4 is 28.5 Å². The molecule has 2 heterocycles. The lowest BCUT2D eigenvalue weighted by atomic mass is 9.89. The van der Waals surface area contributed by atoms with Crippen LogP contribution >= 0.6 is 11.8 Å². The lowest BCUT2D eigenvalue weighted by Gasteiger charge is -2.30. The maximum Gasteiger partial charge on any atom is 0.274 e. The number of methoxy groups -OCH3 is 1. The van der Waals surface area contributed by atoms with E-state index in [1.54, 1.807) is 24.9 Å². The molecule has 0 spiro atoms. The zero-order valence-corrected chi connectivity index (χ0v) is 15.9. The number of anilines is 1. The van der Waals surface area contributed by atoms with Crippen LogP contribution in [0.4, 0.5) is 5.69 Å². The van der Waals surface area contributed by atoms with Crippen molar-refractivity contribution in [3.8, 4) is 5.75 Å². The number of rotatable bonds is 4. The van der Waals surface area contributed by atoms with Gasteiger partial charge in [0.05, 0.1) is 18.8 Å². The Balaban J connectivity index is 1.83. The summed E-state index contributed by atoms with van der Waals surface area (Å²) < 4.78 is 5.13. The van der Waals surface area contributed by atoms with Crippen LogP contribution in [0.25, 0.3) is 0 Å². The molecule has 2 aromatic rings. The summed E-state index contributed by atoms with van der Waals surface area (Å²) in [6, 6.07) is 9.52. The fourth-order valence-corrected chi connectivity index (χ4v) is 3.89. The molecule has 1 unspecified atom stereocenters. The van der Waals surface area contributed by atoms with Crippen LogP contribution in [0.1, 0.15) is 35.0 Å². The van der Waals surface area contributed by atoms with Crippen LogP contribution < -0.4 is 15.8 Å². The third kappa shape index (κ3) is 3.83. The van der Waals surface area contributed by atoms with Gasteiger partial charge in [-0.15, -0.1) is 0 Å². The van der Waals surface area contributed by atoms with Gasteiger partial charge in [-0.05, 0) is 49.6 Å². The first kappa shape index (κ1) is 18.3. The summed E-state index contributed by atoms with van der Waals surface area (Å²) in [5, 5.41) is 3.52. The maximum absolute atomic E-state index is 12.6. The molecule has 1 amide bonds. The van der Waals surface area contributed by atoms with Crippen molar-refractivity contribution in [1.82, 2.24) is 4.98 Å². The van der Waals surface area contributed by atoms with Gasteiger partial charge in [-0.25, -0.2) is 4.98 Å². The van der Waals surface area contributed by atoms with Crippen molar-refractivity contribution in [3.05, 3.63) is 53.3 Å². The minimum atomic E-state index is -0.371. The average molecular weight is 370 g/mol. The van der Waals surface area contributed by atoms with Crippen LogP contribution in [-0.4, -0.2) is 28.9 Å². The Morgan fingerprint density at radius 3 is 2.88 bits per heavy atom. The van der Waals surface area contributed by atoms with E-state index in [9.17, 15) is 4.79 Å². The number of hydrogen-bond acceptors (Lipinski definition) is 6. The van der Waals surface area contributed by atoms with E-state index in [4.69, 9.17) is 10.5 Å². The largest absolute Gasteiger partial charge is 0.495 e. The molecule has 1 aromatic heterocycles. The summed E-state index contributed by atoms with van der Waals surface area (Å²) in [4.78, 5) is 21.4. The number of amides is 1. The Hall–Kier alpha value is -2.54. The van der Waals surface area contributed by atoms with Gasteiger partial charge in [-0.1, -0.05) is 23.9 Å². The van der Waals surface area contributed by atoms with Crippen molar-refractivity contribution in [2.45, 2.75) is 25.8 Å². The molecule has 0 radical (unpaired) electrons. The molecular weight excluding hydrogens is 348 g/mol. The van der Waals surface area contributed by atoms with Gasteiger partial charge >= 0.3 is 0 Å². The standard InChI is InChI=1S/C19H22N4O2S/c1-12-9-15(25-3)11-21-16(12)17(24)22-14-6-4-5-13(10-14)19(2)7-8-26-18(20)23-19/h4-6,9-11H,7-8H2,1-3H3,(H2,20,23)(H,22,24). The van der Waals surface area contributed by atoms with Crippen LogP contribution in [0.15, 0.2) is 41.5 Å². The molecule has 1 atom stereocenters. The predicted molar refractivity (Wildman–Crippen MR) is 106 cm³/mol. The van der Waals surface area contributed by atoms with Gasteiger partial charge in [0, 0.05) is 11.4 Å². The highest BCUT2D eigenvalue weighted by Gasteiger charge is 2.29. The number of benzene rings is 1. The number of thioether (sulfide) groups is 1. The molecule has 3 rings (SSSR count). The number of aromatic nitrogens is 1. The second-order valence-electron chi connectivity index (χ2n) is 6.40. The monoisotopic (exact) mass is 370 g/mol. The van der Waals surface area contributed by atoms with Crippen molar-refractivity contribution in [1.29, 1.82) is 0 Å². The third-order valence-electron chi connectivity index (χ3n) is 4.44. The van der Waals surface area contributed by atoms with E-state index in [1.165, 1.54) is 6.20 Å². The van der Waals surface area contributed by atoms with E-state index >= 15 is 0 Å². The molecule has 0 aliphatic carbocycles.